The summed E-state index contributed by atoms with van der Waals surface area (Å²) in [6.07, 6.45) is 0. The average molecular weight is 225 g/mol. The second-order valence-corrected chi connectivity index (χ2v) is 3.44. The van der Waals surface area contributed by atoms with Crippen LogP contribution in [0, 0.1) is 0 Å². The van der Waals surface area contributed by atoms with Gasteiger partial charge in [0.1, 0.15) is 5.52 Å². The number of methoxy groups -OCH3 is 1. The molecule has 2 aromatic rings. The third kappa shape index (κ3) is 1.47. The second-order valence-electron chi connectivity index (χ2n) is 3.10. The molecular formula is C10H9ClN2O2. The van der Waals surface area contributed by atoms with Gasteiger partial charge in [0.15, 0.2) is 0 Å². The van der Waals surface area contributed by atoms with Crippen molar-refractivity contribution in [3.63, 3.8) is 0 Å². The van der Waals surface area contributed by atoms with Crippen LogP contribution in [0.2, 0.25) is 5.28 Å². The maximum Gasteiger partial charge on any atom is 0.340 e. The van der Waals surface area contributed by atoms with E-state index in [1.54, 1.807) is 23.7 Å². The van der Waals surface area contributed by atoms with Crippen molar-refractivity contribution in [1.29, 1.82) is 0 Å². The van der Waals surface area contributed by atoms with Gasteiger partial charge < -0.3 is 9.30 Å². The van der Waals surface area contributed by atoms with Gasteiger partial charge in [-0.15, -0.1) is 0 Å². The number of aryl methyl sites for hydroxylation is 1. The summed E-state index contributed by atoms with van der Waals surface area (Å²) >= 11 is 5.87. The van der Waals surface area contributed by atoms with E-state index in [1.807, 2.05) is 6.07 Å². The number of halogens is 1. The fourth-order valence-corrected chi connectivity index (χ4v) is 1.64. The minimum atomic E-state index is -0.407. The molecule has 2 rings (SSSR count). The molecule has 1 aromatic heterocycles. The Morgan fingerprint density at radius 3 is 2.93 bits per heavy atom. The van der Waals surface area contributed by atoms with E-state index >= 15 is 0 Å². The molecule has 0 aliphatic rings. The molecule has 0 saturated heterocycles. The van der Waals surface area contributed by atoms with Crippen molar-refractivity contribution in [1.82, 2.24) is 9.55 Å². The van der Waals surface area contributed by atoms with Crippen LogP contribution in [-0.4, -0.2) is 22.6 Å². The van der Waals surface area contributed by atoms with Crippen LogP contribution in [0.15, 0.2) is 18.2 Å². The molecule has 0 amide bonds. The summed E-state index contributed by atoms with van der Waals surface area (Å²) in [7, 11) is 3.13. The fraction of sp³-hybridized carbons (Fsp3) is 0.200. The van der Waals surface area contributed by atoms with Crippen molar-refractivity contribution in [2.24, 2.45) is 7.05 Å². The minimum absolute atomic E-state index is 0.348. The molecule has 15 heavy (non-hydrogen) atoms. The van der Waals surface area contributed by atoms with Gasteiger partial charge in [-0.25, -0.2) is 9.78 Å². The van der Waals surface area contributed by atoms with Crippen molar-refractivity contribution in [2.75, 3.05) is 7.11 Å². The van der Waals surface area contributed by atoms with Crippen LogP contribution in [0.5, 0.6) is 0 Å². The van der Waals surface area contributed by atoms with Gasteiger partial charge in [0.2, 0.25) is 5.28 Å². The maximum absolute atomic E-state index is 11.4. The monoisotopic (exact) mass is 224 g/mol. The molecule has 0 saturated carbocycles. The number of rotatable bonds is 1. The Morgan fingerprint density at radius 2 is 2.27 bits per heavy atom. The van der Waals surface area contributed by atoms with Gasteiger partial charge in [0.25, 0.3) is 0 Å². The highest BCUT2D eigenvalue weighted by atomic mass is 35.5. The predicted octanol–water partition coefficient (Wildman–Crippen LogP) is 2.01. The SMILES string of the molecule is COC(=O)c1cccc2c1nc(Cl)n2C. The lowest BCUT2D eigenvalue weighted by Gasteiger charge is -2.00. The minimum Gasteiger partial charge on any atom is -0.465 e. The number of esters is 1. The number of carbonyl (C=O) groups excluding carboxylic acids is 1. The maximum atomic E-state index is 11.4. The summed E-state index contributed by atoms with van der Waals surface area (Å²) in [6.45, 7) is 0. The van der Waals surface area contributed by atoms with Gasteiger partial charge in [-0.05, 0) is 23.7 Å². The largest absolute Gasteiger partial charge is 0.465 e. The molecule has 0 bridgehead atoms. The molecule has 5 heteroatoms. The Labute approximate surface area is 91.4 Å². The van der Waals surface area contributed by atoms with Crippen molar-refractivity contribution in [3.05, 3.63) is 29.0 Å². The quantitative estimate of drug-likeness (QED) is 0.696. The summed E-state index contributed by atoms with van der Waals surface area (Å²) in [5.74, 6) is -0.407. The van der Waals surface area contributed by atoms with Crippen LogP contribution in [-0.2, 0) is 11.8 Å². The molecule has 0 atom stereocenters. The number of imidazole rings is 1. The number of benzene rings is 1. The highest BCUT2D eigenvalue weighted by Crippen LogP contribution is 2.21. The normalized spacial score (nSPS) is 10.6. The number of para-hydroxylation sites is 1. The lowest BCUT2D eigenvalue weighted by atomic mass is 10.2. The van der Waals surface area contributed by atoms with Crippen LogP contribution >= 0.6 is 11.6 Å². The van der Waals surface area contributed by atoms with Crippen LogP contribution in [0.1, 0.15) is 10.4 Å². The Bertz CT molecular complexity index is 533. The first-order valence-corrected chi connectivity index (χ1v) is 4.72. The van der Waals surface area contributed by atoms with E-state index in [4.69, 9.17) is 11.6 Å². The molecule has 1 heterocycles. The molecule has 0 fully saturated rings. The summed E-state index contributed by atoms with van der Waals surface area (Å²) in [5, 5.41) is 0.348. The topological polar surface area (TPSA) is 44.1 Å². The predicted molar refractivity (Wildman–Crippen MR) is 57.1 cm³/mol. The molecular weight excluding hydrogens is 216 g/mol. The summed E-state index contributed by atoms with van der Waals surface area (Å²) in [6, 6.07) is 5.28. The van der Waals surface area contributed by atoms with Crippen LogP contribution in [0.25, 0.3) is 11.0 Å². The summed E-state index contributed by atoms with van der Waals surface area (Å²) in [4.78, 5) is 15.5. The van der Waals surface area contributed by atoms with Crippen LogP contribution in [0.4, 0.5) is 0 Å². The number of fused-ring (bicyclic) bond motifs is 1. The van der Waals surface area contributed by atoms with E-state index in [0.717, 1.165) is 5.52 Å². The van der Waals surface area contributed by atoms with E-state index in [-0.39, 0.29) is 0 Å². The number of aromatic nitrogens is 2. The zero-order valence-electron chi connectivity index (χ0n) is 8.32. The van der Waals surface area contributed by atoms with Crippen LogP contribution in [0.3, 0.4) is 0 Å². The molecule has 78 valence electrons. The van der Waals surface area contributed by atoms with E-state index in [2.05, 4.69) is 9.72 Å². The number of nitrogens with zero attached hydrogens (tertiary/aromatic N) is 2. The molecule has 0 unspecified atom stereocenters. The van der Waals surface area contributed by atoms with Crippen molar-refractivity contribution >= 4 is 28.6 Å². The first-order valence-electron chi connectivity index (χ1n) is 4.34. The molecule has 1 aromatic carbocycles. The van der Waals surface area contributed by atoms with Gasteiger partial charge >= 0.3 is 5.97 Å². The van der Waals surface area contributed by atoms with Crippen molar-refractivity contribution < 1.29 is 9.53 Å². The van der Waals surface area contributed by atoms with Gasteiger partial charge in [-0.1, -0.05) is 6.07 Å². The Morgan fingerprint density at radius 1 is 1.53 bits per heavy atom. The van der Waals surface area contributed by atoms with E-state index in [0.29, 0.717) is 16.4 Å². The average Bonchev–Trinajstić information content (AvgIpc) is 2.54. The highest BCUT2D eigenvalue weighted by Gasteiger charge is 2.14. The fourth-order valence-electron chi connectivity index (χ4n) is 1.46. The van der Waals surface area contributed by atoms with Gasteiger partial charge in [0, 0.05) is 7.05 Å². The van der Waals surface area contributed by atoms with Crippen molar-refractivity contribution in [3.8, 4) is 0 Å². The van der Waals surface area contributed by atoms with Crippen LogP contribution < -0.4 is 0 Å². The number of ether oxygens (including phenoxy) is 1. The molecule has 0 radical (unpaired) electrons. The third-order valence-corrected chi connectivity index (χ3v) is 2.60. The lowest BCUT2D eigenvalue weighted by molar-refractivity contribution is 0.0603. The Balaban J connectivity index is 2.77. The smallest absolute Gasteiger partial charge is 0.340 e. The van der Waals surface area contributed by atoms with E-state index in [1.165, 1.54) is 7.11 Å². The molecule has 0 spiro atoms. The van der Waals surface area contributed by atoms with Gasteiger partial charge in [-0.3, -0.25) is 0 Å². The number of carbonyl (C=O) groups is 1. The Kier molecular flexibility index (Phi) is 2.36. The summed E-state index contributed by atoms with van der Waals surface area (Å²) < 4.78 is 6.37. The first-order chi connectivity index (χ1) is 7.15. The molecule has 0 aliphatic carbocycles. The van der Waals surface area contributed by atoms with Gasteiger partial charge in [-0.2, -0.15) is 0 Å². The molecule has 0 N–H and O–H groups in total. The van der Waals surface area contributed by atoms with Crippen molar-refractivity contribution in [2.45, 2.75) is 0 Å². The Hall–Kier alpha value is -1.55. The van der Waals surface area contributed by atoms with E-state index < -0.39 is 5.97 Å². The molecule has 4 nitrogen and oxygen atoms in total. The lowest BCUT2D eigenvalue weighted by Crippen LogP contribution is -2.01. The van der Waals surface area contributed by atoms with E-state index in [9.17, 15) is 4.79 Å². The first kappa shape index (κ1) is 9.98. The summed E-state index contributed by atoms with van der Waals surface area (Å²) in [5.41, 5.74) is 1.80. The zero-order chi connectivity index (χ0) is 11.0. The standard InChI is InChI=1S/C10H9ClN2O2/c1-13-7-5-3-4-6(9(14)15-2)8(7)12-10(13)11/h3-5H,1-2H3. The number of hydrogen-bond acceptors (Lipinski definition) is 3. The highest BCUT2D eigenvalue weighted by molar-refractivity contribution is 6.29. The zero-order valence-corrected chi connectivity index (χ0v) is 9.08. The molecule has 0 aliphatic heterocycles. The third-order valence-electron chi connectivity index (χ3n) is 2.26. The van der Waals surface area contributed by atoms with Gasteiger partial charge in [0.05, 0.1) is 18.2 Å². The number of hydrogen-bond donors (Lipinski definition) is 0. The second kappa shape index (κ2) is 3.55.